The topological polar surface area (TPSA) is 61.8 Å². The molecule has 2 rings (SSSR count). The average molecular weight is 278 g/mol. The maximum atomic E-state index is 12.3. The number of anilines is 1. The number of benzene rings is 1. The fourth-order valence-electron chi connectivity index (χ4n) is 2.53. The van der Waals surface area contributed by atoms with Crippen LogP contribution in [-0.4, -0.2) is 42.3 Å². The lowest BCUT2D eigenvalue weighted by Gasteiger charge is -2.34. The van der Waals surface area contributed by atoms with E-state index in [0.717, 1.165) is 19.4 Å². The van der Waals surface area contributed by atoms with Gasteiger partial charge in [0.05, 0.1) is 18.9 Å². The molecule has 1 heterocycles. The van der Waals surface area contributed by atoms with Crippen LogP contribution in [0.4, 0.5) is 10.5 Å². The molecule has 1 aromatic rings. The first-order valence-corrected chi connectivity index (χ1v) is 6.99. The Hall–Kier alpha value is -1.75. The summed E-state index contributed by atoms with van der Waals surface area (Å²) < 4.78 is 5.22. The third kappa shape index (κ3) is 3.42. The number of hydrogen-bond acceptors (Lipinski definition) is 3. The molecule has 1 aromatic carbocycles. The van der Waals surface area contributed by atoms with E-state index in [4.69, 9.17) is 4.74 Å². The fraction of sp³-hybridized carbons (Fsp3) is 0.533. The van der Waals surface area contributed by atoms with Gasteiger partial charge in [0.15, 0.2) is 0 Å². The SMILES string of the molecule is COc1ccccc1NC(=O)N1CCCC(C(C)O)C1. The quantitative estimate of drug-likeness (QED) is 0.892. The Kier molecular flexibility index (Phi) is 4.84. The van der Waals surface area contributed by atoms with Gasteiger partial charge in [0, 0.05) is 19.0 Å². The van der Waals surface area contributed by atoms with Crippen LogP contribution < -0.4 is 10.1 Å². The summed E-state index contributed by atoms with van der Waals surface area (Å²) in [5.41, 5.74) is 0.666. The minimum Gasteiger partial charge on any atom is -0.495 e. The number of aliphatic hydroxyl groups excluding tert-OH is 1. The van der Waals surface area contributed by atoms with Crippen molar-refractivity contribution < 1.29 is 14.6 Å². The maximum absolute atomic E-state index is 12.3. The number of carbonyl (C=O) groups is 1. The van der Waals surface area contributed by atoms with Crippen LogP contribution in [0.3, 0.4) is 0 Å². The van der Waals surface area contributed by atoms with Crippen molar-refractivity contribution >= 4 is 11.7 Å². The van der Waals surface area contributed by atoms with Crippen molar-refractivity contribution in [3.8, 4) is 5.75 Å². The van der Waals surface area contributed by atoms with Crippen molar-refractivity contribution in [2.75, 3.05) is 25.5 Å². The Bertz CT molecular complexity index is 462. The number of nitrogens with zero attached hydrogens (tertiary/aromatic N) is 1. The van der Waals surface area contributed by atoms with Gasteiger partial charge < -0.3 is 20.1 Å². The number of rotatable bonds is 3. The Morgan fingerprint density at radius 2 is 2.25 bits per heavy atom. The van der Waals surface area contributed by atoms with Crippen molar-refractivity contribution in [3.05, 3.63) is 24.3 Å². The Balaban J connectivity index is 2.01. The maximum Gasteiger partial charge on any atom is 0.321 e. The fourth-order valence-corrected chi connectivity index (χ4v) is 2.53. The number of carbonyl (C=O) groups excluding carboxylic acids is 1. The van der Waals surface area contributed by atoms with Crippen LogP contribution in [0.25, 0.3) is 0 Å². The van der Waals surface area contributed by atoms with Gasteiger partial charge in [0.25, 0.3) is 0 Å². The highest BCUT2D eigenvalue weighted by atomic mass is 16.5. The minimum absolute atomic E-state index is 0.139. The molecule has 5 nitrogen and oxygen atoms in total. The number of urea groups is 1. The molecular weight excluding hydrogens is 256 g/mol. The zero-order valence-corrected chi connectivity index (χ0v) is 12.0. The molecule has 0 aromatic heterocycles. The van der Waals surface area contributed by atoms with E-state index < -0.39 is 0 Å². The zero-order chi connectivity index (χ0) is 14.5. The Morgan fingerprint density at radius 1 is 1.50 bits per heavy atom. The summed E-state index contributed by atoms with van der Waals surface area (Å²) >= 11 is 0. The molecule has 0 spiro atoms. The number of nitrogens with one attached hydrogen (secondary N) is 1. The number of methoxy groups -OCH3 is 1. The molecule has 2 unspecified atom stereocenters. The largest absolute Gasteiger partial charge is 0.495 e. The van der Waals surface area contributed by atoms with Gasteiger partial charge in [0.2, 0.25) is 0 Å². The van der Waals surface area contributed by atoms with Gasteiger partial charge in [0.1, 0.15) is 5.75 Å². The van der Waals surface area contributed by atoms with Crippen LogP contribution in [0, 0.1) is 5.92 Å². The summed E-state index contributed by atoms with van der Waals surface area (Å²) in [5.74, 6) is 0.803. The van der Waals surface area contributed by atoms with Gasteiger partial charge in [-0.05, 0) is 31.9 Å². The standard InChI is InChI=1S/C15H22N2O3/c1-11(18)12-6-5-9-17(10-12)15(19)16-13-7-3-4-8-14(13)20-2/h3-4,7-8,11-12,18H,5-6,9-10H2,1-2H3,(H,16,19). The number of hydrogen-bond donors (Lipinski definition) is 2. The molecule has 0 radical (unpaired) electrons. The first kappa shape index (κ1) is 14.7. The molecule has 0 bridgehead atoms. The summed E-state index contributed by atoms with van der Waals surface area (Å²) in [6.07, 6.45) is 1.52. The van der Waals surface area contributed by atoms with Gasteiger partial charge in [-0.2, -0.15) is 0 Å². The normalized spacial score (nSPS) is 20.4. The van der Waals surface area contributed by atoms with E-state index in [1.54, 1.807) is 18.9 Å². The van der Waals surface area contributed by atoms with Crippen molar-refractivity contribution in [1.82, 2.24) is 4.90 Å². The van der Waals surface area contributed by atoms with Gasteiger partial charge in [-0.15, -0.1) is 0 Å². The van der Waals surface area contributed by atoms with E-state index in [9.17, 15) is 9.90 Å². The number of aliphatic hydroxyl groups is 1. The summed E-state index contributed by atoms with van der Waals surface area (Å²) in [7, 11) is 1.58. The van der Waals surface area contributed by atoms with E-state index in [2.05, 4.69) is 5.32 Å². The smallest absolute Gasteiger partial charge is 0.321 e. The molecule has 2 atom stereocenters. The number of amides is 2. The van der Waals surface area contributed by atoms with Gasteiger partial charge in [-0.1, -0.05) is 12.1 Å². The second-order valence-corrected chi connectivity index (χ2v) is 5.22. The van der Waals surface area contributed by atoms with Gasteiger partial charge in [-0.25, -0.2) is 4.79 Å². The van der Waals surface area contributed by atoms with Gasteiger partial charge >= 0.3 is 6.03 Å². The zero-order valence-electron chi connectivity index (χ0n) is 12.0. The minimum atomic E-state index is -0.378. The summed E-state index contributed by atoms with van der Waals surface area (Å²) in [5, 5.41) is 12.5. The number of ether oxygens (including phenoxy) is 1. The molecule has 0 saturated carbocycles. The number of para-hydroxylation sites is 2. The van der Waals surface area contributed by atoms with E-state index >= 15 is 0 Å². The first-order valence-electron chi connectivity index (χ1n) is 6.99. The van der Waals surface area contributed by atoms with E-state index in [-0.39, 0.29) is 18.1 Å². The molecular formula is C15H22N2O3. The predicted molar refractivity (Wildman–Crippen MR) is 78.0 cm³/mol. The van der Waals surface area contributed by atoms with Crippen molar-refractivity contribution in [3.63, 3.8) is 0 Å². The van der Waals surface area contributed by atoms with Crippen LogP contribution in [0.15, 0.2) is 24.3 Å². The molecule has 110 valence electrons. The molecule has 20 heavy (non-hydrogen) atoms. The van der Waals surface area contributed by atoms with Crippen LogP contribution in [-0.2, 0) is 0 Å². The van der Waals surface area contributed by atoms with Crippen molar-refractivity contribution in [2.45, 2.75) is 25.9 Å². The molecule has 0 aliphatic carbocycles. The van der Waals surface area contributed by atoms with Crippen LogP contribution in [0.1, 0.15) is 19.8 Å². The second-order valence-electron chi connectivity index (χ2n) is 5.22. The van der Waals surface area contributed by atoms with Crippen LogP contribution in [0.5, 0.6) is 5.75 Å². The highest BCUT2D eigenvalue weighted by Crippen LogP contribution is 2.25. The summed E-state index contributed by atoms with van der Waals surface area (Å²) in [6, 6.07) is 7.20. The molecule has 5 heteroatoms. The molecule has 2 amide bonds. The average Bonchev–Trinajstić information content (AvgIpc) is 2.48. The molecule has 1 aliphatic rings. The highest BCUT2D eigenvalue weighted by Gasteiger charge is 2.26. The lowest BCUT2D eigenvalue weighted by Crippen LogP contribution is -2.44. The lowest BCUT2D eigenvalue weighted by molar-refractivity contribution is 0.0766. The molecule has 1 saturated heterocycles. The van der Waals surface area contributed by atoms with Gasteiger partial charge in [-0.3, -0.25) is 0 Å². The van der Waals surface area contributed by atoms with Crippen LogP contribution in [0.2, 0.25) is 0 Å². The summed E-state index contributed by atoms with van der Waals surface area (Å²) in [6.45, 7) is 3.11. The Morgan fingerprint density at radius 3 is 2.95 bits per heavy atom. The number of likely N-dealkylation sites (tertiary alicyclic amines) is 1. The molecule has 1 aliphatic heterocycles. The monoisotopic (exact) mass is 278 g/mol. The van der Waals surface area contributed by atoms with E-state index in [0.29, 0.717) is 18.0 Å². The van der Waals surface area contributed by atoms with Crippen molar-refractivity contribution in [2.24, 2.45) is 5.92 Å². The lowest BCUT2D eigenvalue weighted by atomic mass is 9.94. The summed E-state index contributed by atoms with van der Waals surface area (Å²) in [4.78, 5) is 14.0. The van der Waals surface area contributed by atoms with E-state index in [1.165, 1.54) is 0 Å². The Labute approximate surface area is 119 Å². The first-order chi connectivity index (χ1) is 9.61. The molecule has 1 fully saturated rings. The van der Waals surface area contributed by atoms with Crippen molar-refractivity contribution in [1.29, 1.82) is 0 Å². The van der Waals surface area contributed by atoms with E-state index in [1.807, 2.05) is 24.3 Å². The highest BCUT2D eigenvalue weighted by molar-refractivity contribution is 5.91. The van der Waals surface area contributed by atoms with Crippen LogP contribution >= 0.6 is 0 Å². The second kappa shape index (κ2) is 6.61. The predicted octanol–water partition coefficient (Wildman–Crippen LogP) is 2.32. The number of piperidine rings is 1. The third-order valence-electron chi connectivity index (χ3n) is 3.78. The third-order valence-corrected chi connectivity index (χ3v) is 3.78. The molecule has 2 N–H and O–H groups in total.